The van der Waals surface area contributed by atoms with Crippen LogP contribution in [0, 0.1) is 5.92 Å². The summed E-state index contributed by atoms with van der Waals surface area (Å²) in [5, 5.41) is 11.5. The number of carbonyl (C=O) groups is 2. The maximum absolute atomic E-state index is 12.1. The minimum absolute atomic E-state index is 0.00279. The molecule has 0 heterocycles. The summed E-state index contributed by atoms with van der Waals surface area (Å²) in [6, 6.07) is 8.12. The molecule has 0 bridgehead atoms. The molecule has 0 fully saturated rings. The van der Waals surface area contributed by atoms with E-state index in [1.807, 2.05) is 18.2 Å². The fourth-order valence-electron chi connectivity index (χ4n) is 2.53. The zero-order valence-corrected chi connectivity index (χ0v) is 11.5. The first-order valence-electron chi connectivity index (χ1n) is 6.72. The largest absolute Gasteiger partial charge is 0.479 e. The van der Waals surface area contributed by atoms with Crippen molar-refractivity contribution in [2.45, 2.75) is 25.4 Å². The number of hydrogen-bond acceptors (Lipinski definition) is 3. The molecule has 2 rings (SSSR count). The first kappa shape index (κ1) is 14.5. The Labute approximate surface area is 117 Å². The fraction of sp³-hybridized carbons (Fsp3) is 0.467. The van der Waals surface area contributed by atoms with Crippen molar-refractivity contribution in [3.05, 3.63) is 35.4 Å². The van der Waals surface area contributed by atoms with Crippen LogP contribution in [0.1, 0.15) is 17.5 Å². The van der Waals surface area contributed by atoms with Crippen LogP contribution in [0.5, 0.6) is 0 Å². The van der Waals surface area contributed by atoms with Crippen molar-refractivity contribution in [2.24, 2.45) is 5.92 Å². The van der Waals surface area contributed by atoms with E-state index in [0.29, 0.717) is 6.42 Å². The molecule has 1 aliphatic carbocycles. The van der Waals surface area contributed by atoms with Crippen LogP contribution in [-0.2, 0) is 27.2 Å². The first-order valence-corrected chi connectivity index (χ1v) is 6.72. The lowest BCUT2D eigenvalue weighted by molar-refractivity contribution is -0.148. The Balaban J connectivity index is 1.90. The highest BCUT2D eigenvalue weighted by atomic mass is 16.5. The van der Waals surface area contributed by atoms with Gasteiger partial charge in [0.15, 0.2) is 6.10 Å². The van der Waals surface area contributed by atoms with Crippen LogP contribution in [0.2, 0.25) is 0 Å². The van der Waals surface area contributed by atoms with Gasteiger partial charge in [0.05, 0.1) is 6.54 Å². The molecule has 20 heavy (non-hydrogen) atoms. The molecule has 0 spiro atoms. The Morgan fingerprint density at radius 1 is 1.40 bits per heavy atom. The number of nitrogens with one attached hydrogen (secondary N) is 1. The predicted molar refractivity (Wildman–Crippen MR) is 73.4 cm³/mol. The van der Waals surface area contributed by atoms with E-state index in [1.165, 1.54) is 18.2 Å². The average molecular weight is 277 g/mol. The van der Waals surface area contributed by atoms with Crippen LogP contribution in [0.3, 0.4) is 0 Å². The average Bonchev–Trinajstić information content (AvgIpc) is 2.46. The minimum Gasteiger partial charge on any atom is -0.479 e. The van der Waals surface area contributed by atoms with E-state index in [4.69, 9.17) is 9.84 Å². The summed E-state index contributed by atoms with van der Waals surface area (Å²) < 4.78 is 4.79. The first-order chi connectivity index (χ1) is 9.61. The summed E-state index contributed by atoms with van der Waals surface area (Å²) in [5.74, 6) is -1.25. The van der Waals surface area contributed by atoms with Gasteiger partial charge in [-0.3, -0.25) is 4.79 Å². The highest BCUT2D eigenvalue weighted by Gasteiger charge is 2.25. The van der Waals surface area contributed by atoms with Crippen molar-refractivity contribution >= 4 is 11.9 Å². The van der Waals surface area contributed by atoms with Crippen molar-refractivity contribution in [3.63, 3.8) is 0 Å². The molecule has 1 aromatic rings. The van der Waals surface area contributed by atoms with Crippen LogP contribution in [0.25, 0.3) is 0 Å². The van der Waals surface area contributed by atoms with Crippen LogP contribution in [0.4, 0.5) is 0 Å². The molecule has 2 N–H and O–H groups in total. The second-order valence-electron chi connectivity index (χ2n) is 5.02. The molecule has 1 aromatic carbocycles. The molecule has 0 saturated carbocycles. The second-order valence-corrected chi connectivity index (χ2v) is 5.02. The number of benzene rings is 1. The van der Waals surface area contributed by atoms with Gasteiger partial charge in [0.1, 0.15) is 0 Å². The Bertz CT molecular complexity index is 500. The van der Waals surface area contributed by atoms with E-state index < -0.39 is 12.1 Å². The quantitative estimate of drug-likeness (QED) is 0.842. The lowest BCUT2D eigenvalue weighted by atomic mass is 9.83. The summed E-state index contributed by atoms with van der Waals surface area (Å²) in [6.07, 6.45) is 1.41. The summed E-state index contributed by atoms with van der Waals surface area (Å²) in [4.78, 5) is 22.9. The Hall–Kier alpha value is -1.88. The highest BCUT2D eigenvalue weighted by Crippen LogP contribution is 2.25. The number of hydrogen-bond donors (Lipinski definition) is 2. The van der Waals surface area contributed by atoms with Crippen LogP contribution in [0.15, 0.2) is 24.3 Å². The molecule has 108 valence electrons. The minimum atomic E-state index is -1.07. The number of ether oxygens (including phenoxy) is 1. The maximum Gasteiger partial charge on any atom is 0.334 e. The third kappa shape index (κ3) is 3.36. The van der Waals surface area contributed by atoms with Gasteiger partial charge in [0.25, 0.3) is 0 Å². The molecule has 0 saturated heterocycles. The molecule has 5 nitrogen and oxygen atoms in total. The van der Waals surface area contributed by atoms with E-state index in [9.17, 15) is 9.59 Å². The number of carbonyl (C=O) groups excluding carboxylic acids is 1. The molecule has 2 unspecified atom stereocenters. The maximum atomic E-state index is 12.1. The smallest absolute Gasteiger partial charge is 0.334 e. The van der Waals surface area contributed by atoms with E-state index in [1.54, 1.807) is 0 Å². The molecule has 1 amide bonds. The number of rotatable bonds is 5. The van der Waals surface area contributed by atoms with Crippen molar-refractivity contribution in [2.75, 3.05) is 13.7 Å². The SMILES string of the molecule is COC(CNC(=O)C1CCc2ccccc2C1)C(=O)O. The lowest BCUT2D eigenvalue weighted by Crippen LogP contribution is -2.41. The topological polar surface area (TPSA) is 75.6 Å². The standard InChI is InChI=1S/C15H19NO4/c1-20-13(15(18)19)9-16-14(17)12-7-6-10-4-2-3-5-11(10)8-12/h2-5,12-13H,6-9H2,1H3,(H,16,17)(H,18,19). The fourth-order valence-corrected chi connectivity index (χ4v) is 2.53. The van der Waals surface area contributed by atoms with Crippen molar-refractivity contribution in [1.82, 2.24) is 5.32 Å². The van der Waals surface area contributed by atoms with E-state index in [2.05, 4.69) is 11.4 Å². The Kier molecular flexibility index (Phi) is 4.74. The Morgan fingerprint density at radius 3 is 2.75 bits per heavy atom. The summed E-state index contributed by atoms with van der Waals surface area (Å²) in [6.45, 7) is 0.00279. The normalized spacial score (nSPS) is 18.9. The molecule has 5 heteroatoms. The molecule has 1 aliphatic rings. The Morgan fingerprint density at radius 2 is 2.10 bits per heavy atom. The van der Waals surface area contributed by atoms with Gasteiger partial charge in [-0.1, -0.05) is 24.3 Å². The third-order valence-corrected chi connectivity index (χ3v) is 3.74. The van der Waals surface area contributed by atoms with Crippen molar-refractivity contribution in [1.29, 1.82) is 0 Å². The molecule has 0 aromatic heterocycles. The van der Waals surface area contributed by atoms with Gasteiger partial charge in [-0.05, 0) is 30.4 Å². The van der Waals surface area contributed by atoms with Gasteiger partial charge in [-0.2, -0.15) is 0 Å². The van der Waals surface area contributed by atoms with Crippen LogP contribution in [-0.4, -0.2) is 36.7 Å². The number of methoxy groups -OCH3 is 1. The summed E-state index contributed by atoms with van der Waals surface area (Å²) in [5.41, 5.74) is 2.51. The van der Waals surface area contributed by atoms with E-state index in [0.717, 1.165) is 12.8 Å². The van der Waals surface area contributed by atoms with Gasteiger partial charge < -0.3 is 15.2 Å². The molecular formula is C15H19NO4. The molecule has 0 aliphatic heterocycles. The number of amides is 1. The lowest BCUT2D eigenvalue weighted by Gasteiger charge is -2.24. The van der Waals surface area contributed by atoms with Gasteiger partial charge in [0.2, 0.25) is 5.91 Å². The zero-order chi connectivity index (χ0) is 14.5. The van der Waals surface area contributed by atoms with E-state index >= 15 is 0 Å². The monoisotopic (exact) mass is 277 g/mol. The summed E-state index contributed by atoms with van der Waals surface area (Å²) >= 11 is 0. The second kappa shape index (κ2) is 6.52. The van der Waals surface area contributed by atoms with Crippen molar-refractivity contribution < 1.29 is 19.4 Å². The van der Waals surface area contributed by atoms with Crippen molar-refractivity contribution in [3.8, 4) is 0 Å². The predicted octanol–water partition coefficient (Wildman–Crippen LogP) is 1.01. The molecular weight excluding hydrogens is 258 g/mol. The van der Waals surface area contributed by atoms with Crippen LogP contribution >= 0.6 is 0 Å². The zero-order valence-electron chi connectivity index (χ0n) is 11.5. The summed E-state index contributed by atoms with van der Waals surface area (Å²) in [7, 11) is 1.32. The number of aliphatic carboxylic acids is 1. The third-order valence-electron chi connectivity index (χ3n) is 3.74. The number of fused-ring (bicyclic) bond motifs is 1. The van der Waals surface area contributed by atoms with Gasteiger partial charge in [0, 0.05) is 13.0 Å². The number of carboxylic acids is 1. The van der Waals surface area contributed by atoms with Crippen LogP contribution < -0.4 is 5.32 Å². The number of aryl methyl sites for hydroxylation is 1. The molecule has 0 radical (unpaired) electrons. The van der Waals surface area contributed by atoms with Gasteiger partial charge in [-0.25, -0.2) is 4.79 Å². The van der Waals surface area contributed by atoms with Gasteiger partial charge >= 0.3 is 5.97 Å². The number of carboxylic acid groups (broad SMARTS) is 1. The molecule has 2 atom stereocenters. The highest BCUT2D eigenvalue weighted by molar-refractivity contribution is 5.80. The van der Waals surface area contributed by atoms with E-state index in [-0.39, 0.29) is 18.4 Å². The van der Waals surface area contributed by atoms with Gasteiger partial charge in [-0.15, -0.1) is 0 Å².